The van der Waals surface area contributed by atoms with Gasteiger partial charge in [-0.05, 0) is 45.4 Å². The Balaban J connectivity index is 0.00000341. The minimum atomic E-state index is -0.518. The zero-order chi connectivity index (χ0) is 21.9. The minimum absolute atomic E-state index is 0. The maximum atomic E-state index is 14.5. The van der Waals surface area contributed by atoms with Gasteiger partial charge in [-0.1, -0.05) is 6.07 Å². The van der Waals surface area contributed by atoms with Gasteiger partial charge < -0.3 is 24.8 Å². The van der Waals surface area contributed by atoms with Crippen LogP contribution in [0.4, 0.5) is 9.18 Å². The number of hydrogen-bond donors (Lipinski definition) is 1. The molecule has 0 bridgehead atoms. The summed E-state index contributed by atoms with van der Waals surface area (Å²) in [6.07, 6.45) is 3.04. The summed E-state index contributed by atoms with van der Waals surface area (Å²) in [6.45, 7) is 9.80. The summed E-state index contributed by atoms with van der Waals surface area (Å²) in [6, 6.07) is 5.01. The first kappa shape index (κ1) is 24.9. The number of aromatic nitrogens is 2. The van der Waals surface area contributed by atoms with Gasteiger partial charge in [-0.15, -0.1) is 24.0 Å². The molecule has 0 atom stereocenters. The average molecular weight is 544 g/mol. The van der Waals surface area contributed by atoms with Gasteiger partial charge in [-0.25, -0.2) is 19.2 Å². The van der Waals surface area contributed by atoms with Crippen LogP contribution in [-0.2, 0) is 11.3 Å². The molecule has 170 valence electrons. The first-order chi connectivity index (χ1) is 14.1. The number of carbonyl (C=O) groups is 1. The van der Waals surface area contributed by atoms with Crippen LogP contribution in [0.1, 0.15) is 32.2 Å². The highest BCUT2D eigenvalue weighted by Crippen LogP contribution is 2.17. The van der Waals surface area contributed by atoms with Gasteiger partial charge in [-0.2, -0.15) is 0 Å². The van der Waals surface area contributed by atoms with Gasteiger partial charge in [0.2, 0.25) is 0 Å². The summed E-state index contributed by atoms with van der Waals surface area (Å²) in [5, 5.41) is 0. The molecule has 0 aliphatic carbocycles. The Bertz CT molecular complexity index is 932. The van der Waals surface area contributed by atoms with Crippen molar-refractivity contribution < 1.29 is 13.9 Å². The Morgan fingerprint density at radius 3 is 2.42 bits per heavy atom. The third-order valence-electron chi connectivity index (χ3n) is 4.78. The summed E-state index contributed by atoms with van der Waals surface area (Å²) in [7, 11) is 0. The number of aliphatic imine (C=N–C) groups is 1. The summed E-state index contributed by atoms with van der Waals surface area (Å²) in [4.78, 5) is 24.3. The molecule has 1 amide bonds. The fraction of sp³-hybridized carbons (Fsp3) is 0.476. The average Bonchev–Trinajstić information content (AvgIpc) is 3.10. The molecule has 2 N–H and O–H groups in total. The second kappa shape index (κ2) is 10.3. The number of aryl methyl sites for hydroxylation is 1. The number of nitrogens with two attached hydrogens (primary N) is 1. The molecule has 3 rings (SSSR count). The number of ether oxygens (including phenoxy) is 1. The fourth-order valence-corrected chi connectivity index (χ4v) is 3.19. The molecule has 2 aromatic rings. The topological polar surface area (TPSA) is 89.0 Å². The van der Waals surface area contributed by atoms with E-state index < -0.39 is 5.60 Å². The molecule has 0 unspecified atom stereocenters. The SMILES string of the molecule is Cc1nccn1-c1ccc(CN=C(N)N2CCN(C(=O)OC(C)(C)C)CC2)cc1F.I. The summed E-state index contributed by atoms with van der Waals surface area (Å²) < 4.78 is 21.6. The van der Waals surface area contributed by atoms with Crippen LogP contribution < -0.4 is 5.73 Å². The van der Waals surface area contributed by atoms with Crippen LogP contribution in [0.15, 0.2) is 35.6 Å². The molecule has 8 nitrogen and oxygen atoms in total. The molecule has 1 aliphatic rings. The van der Waals surface area contributed by atoms with Crippen molar-refractivity contribution >= 4 is 36.0 Å². The lowest BCUT2D eigenvalue weighted by atomic mass is 10.2. The molecular formula is C21H30FIN6O2. The Kier molecular flexibility index (Phi) is 8.27. The second-order valence-corrected chi connectivity index (χ2v) is 8.26. The van der Waals surface area contributed by atoms with Gasteiger partial charge in [0, 0.05) is 38.6 Å². The molecule has 0 saturated carbocycles. The van der Waals surface area contributed by atoms with Gasteiger partial charge in [-0.3, -0.25) is 0 Å². The summed E-state index contributed by atoms with van der Waals surface area (Å²) in [5.74, 6) is 0.761. The zero-order valence-corrected chi connectivity index (χ0v) is 20.7. The monoisotopic (exact) mass is 544 g/mol. The molecule has 31 heavy (non-hydrogen) atoms. The lowest BCUT2D eigenvalue weighted by Gasteiger charge is -2.36. The molecular weight excluding hydrogens is 514 g/mol. The number of imidazole rings is 1. The van der Waals surface area contributed by atoms with Crippen molar-refractivity contribution in [2.24, 2.45) is 10.7 Å². The smallest absolute Gasteiger partial charge is 0.410 e. The van der Waals surface area contributed by atoms with Crippen LogP contribution in [0.3, 0.4) is 0 Å². The minimum Gasteiger partial charge on any atom is -0.444 e. The van der Waals surface area contributed by atoms with Gasteiger partial charge in [0.1, 0.15) is 17.2 Å². The normalized spacial score (nSPS) is 14.9. The first-order valence-corrected chi connectivity index (χ1v) is 9.95. The van der Waals surface area contributed by atoms with Gasteiger partial charge >= 0.3 is 6.09 Å². The van der Waals surface area contributed by atoms with E-state index in [2.05, 4.69) is 9.98 Å². The fourth-order valence-electron chi connectivity index (χ4n) is 3.19. The van der Waals surface area contributed by atoms with Crippen molar-refractivity contribution in [2.45, 2.75) is 39.8 Å². The van der Waals surface area contributed by atoms with E-state index in [1.807, 2.05) is 38.7 Å². The van der Waals surface area contributed by atoms with Crippen LogP contribution in [0, 0.1) is 12.7 Å². The molecule has 1 fully saturated rings. The predicted molar refractivity (Wildman–Crippen MR) is 128 cm³/mol. The third-order valence-corrected chi connectivity index (χ3v) is 4.78. The Morgan fingerprint density at radius 2 is 1.87 bits per heavy atom. The van der Waals surface area contributed by atoms with Crippen LogP contribution in [0.2, 0.25) is 0 Å². The third kappa shape index (κ3) is 6.55. The number of amides is 1. The van der Waals surface area contributed by atoms with Crippen molar-refractivity contribution in [3.63, 3.8) is 0 Å². The lowest BCUT2D eigenvalue weighted by Crippen LogP contribution is -2.53. The molecule has 1 saturated heterocycles. The van der Waals surface area contributed by atoms with E-state index >= 15 is 0 Å². The van der Waals surface area contributed by atoms with Crippen molar-refractivity contribution in [2.75, 3.05) is 26.2 Å². The van der Waals surface area contributed by atoms with Crippen molar-refractivity contribution in [3.8, 4) is 5.69 Å². The number of guanidine groups is 1. The van der Waals surface area contributed by atoms with Crippen molar-refractivity contribution in [1.82, 2.24) is 19.4 Å². The maximum Gasteiger partial charge on any atom is 0.410 e. The molecule has 2 heterocycles. The van der Waals surface area contributed by atoms with E-state index in [-0.39, 0.29) is 42.4 Å². The lowest BCUT2D eigenvalue weighted by molar-refractivity contribution is 0.0186. The predicted octanol–water partition coefficient (Wildman–Crippen LogP) is 3.31. The number of hydrogen-bond acceptors (Lipinski definition) is 4. The van der Waals surface area contributed by atoms with E-state index in [4.69, 9.17) is 10.5 Å². The maximum absolute atomic E-state index is 14.5. The van der Waals surface area contributed by atoms with Crippen LogP contribution >= 0.6 is 24.0 Å². The quantitative estimate of drug-likeness (QED) is 0.364. The number of nitrogens with zero attached hydrogens (tertiary/aromatic N) is 5. The molecule has 1 aliphatic heterocycles. The van der Waals surface area contributed by atoms with Crippen LogP contribution in [-0.4, -0.2) is 63.2 Å². The zero-order valence-electron chi connectivity index (χ0n) is 18.3. The van der Waals surface area contributed by atoms with Gasteiger partial charge in [0.15, 0.2) is 5.96 Å². The van der Waals surface area contributed by atoms with Gasteiger partial charge in [0.05, 0.1) is 12.2 Å². The number of piperazine rings is 1. The van der Waals surface area contributed by atoms with Crippen molar-refractivity contribution in [3.05, 3.63) is 47.8 Å². The molecule has 0 spiro atoms. The van der Waals surface area contributed by atoms with Crippen LogP contribution in [0.25, 0.3) is 5.69 Å². The Labute approximate surface area is 199 Å². The first-order valence-electron chi connectivity index (χ1n) is 9.95. The van der Waals surface area contributed by atoms with Crippen LogP contribution in [0.5, 0.6) is 0 Å². The largest absolute Gasteiger partial charge is 0.444 e. The van der Waals surface area contributed by atoms with Crippen molar-refractivity contribution in [1.29, 1.82) is 0 Å². The second-order valence-electron chi connectivity index (χ2n) is 8.26. The van der Waals surface area contributed by atoms with Gasteiger partial charge in [0.25, 0.3) is 0 Å². The number of benzene rings is 1. The molecule has 0 radical (unpaired) electrons. The Morgan fingerprint density at radius 1 is 1.23 bits per heavy atom. The molecule has 1 aromatic heterocycles. The Hall–Kier alpha value is -2.37. The van der Waals surface area contributed by atoms with E-state index in [1.54, 1.807) is 27.9 Å². The van der Waals surface area contributed by atoms with E-state index in [9.17, 15) is 9.18 Å². The summed E-state index contributed by atoms with van der Waals surface area (Å²) >= 11 is 0. The summed E-state index contributed by atoms with van der Waals surface area (Å²) in [5.41, 5.74) is 6.78. The standard InChI is InChI=1S/C21H29FN6O2.HI/c1-15-24-7-8-28(15)18-6-5-16(13-17(18)22)14-25-19(23)26-9-11-27(12-10-26)20(29)30-21(2,3)4;/h5-8,13H,9-12,14H2,1-4H3,(H2,23,25);1H. The molecule has 1 aromatic carbocycles. The van der Waals surface area contributed by atoms with E-state index in [0.29, 0.717) is 37.8 Å². The number of carbonyl (C=O) groups excluding carboxylic acids is 1. The number of rotatable bonds is 3. The number of halogens is 2. The molecule has 10 heteroatoms. The van der Waals surface area contributed by atoms with E-state index in [0.717, 1.165) is 11.4 Å². The van der Waals surface area contributed by atoms with E-state index in [1.165, 1.54) is 6.07 Å². The highest BCUT2D eigenvalue weighted by atomic mass is 127. The highest BCUT2D eigenvalue weighted by molar-refractivity contribution is 14.0. The highest BCUT2D eigenvalue weighted by Gasteiger charge is 2.26.